The van der Waals surface area contributed by atoms with Crippen LogP contribution in [0.15, 0.2) is 28.7 Å². The molecule has 16 heavy (non-hydrogen) atoms. The molecule has 0 atom stereocenters. The van der Waals surface area contributed by atoms with Crippen LogP contribution in [0.25, 0.3) is 0 Å². The van der Waals surface area contributed by atoms with Crippen LogP contribution >= 0.6 is 15.9 Å². The van der Waals surface area contributed by atoms with Crippen molar-refractivity contribution in [2.24, 2.45) is 5.41 Å². The molecule has 0 aliphatic carbocycles. The van der Waals surface area contributed by atoms with Gasteiger partial charge in [0.15, 0.2) is 0 Å². The smallest absolute Gasteiger partial charge is 0.246 e. The van der Waals surface area contributed by atoms with Gasteiger partial charge in [-0.3, -0.25) is 4.79 Å². The third-order valence-corrected chi connectivity index (χ3v) is 3.00. The summed E-state index contributed by atoms with van der Waals surface area (Å²) in [5, 5.41) is 8.92. The summed E-state index contributed by atoms with van der Waals surface area (Å²) in [6.07, 6.45) is 0. The number of benzene rings is 1. The molecule has 1 aromatic carbocycles. The molecular weight excluding hydrogens is 268 g/mol. The molecule has 1 rings (SSSR count). The Morgan fingerprint density at radius 1 is 1.44 bits per heavy atom. The standard InChI is InChI=1S/C12H13BrN2O/c1-12(2,8-14)11(16)15(3)10-7-5-4-6-9(10)13/h4-7H,1-3H3. The van der Waals surface area contributed by atoms with Gasteiger partial charge in [0.05, 0.1) is 11.8 Å². The van der Waals surface area contributed by atoms with Crippen LogP contribution in [0.3, 0.4) is 0 Å². The fourth-order valence-electron chi connectivity index (χ4n) is 1.30. The molecule has 0 saturated heterocycles. The van der Waals surface area contributed by atoms with Crippen LogP contribution in [0.4, 0.5) is 5.69 Å². The minimum absolute atomic E-state index is 0.220. The highest BCUT2D eigenvalue weighted by Crippen LogP contribution is 2.28. The van der Waals surface area contributed by atoms with Crippen LogP contribution in [0.1, 0.15) is 13.8 Å². The lowest BCUT2D eigenvalue weighted by Crippen LogP contribution is -2.37. The van der Waals surface area contributed by atoms with E-state index in [0.29, 0.717) is 0 Å². The van der Waals surface area contributed by atoms with E-state index in [1.54, 1.807) is 20.9 Å². The molecule has 0 saturated carbocycles. The second-order valence-electron chi connectivity index (χ2n) is 4.05. The minimum atomic E-state index is -1.01. The zero-order valence-corrected chi connectivity index (χ0v) is 11.1. The highest BCUT2D eigenvalue weighted by molar-refractivity contribution is 9.10. The van der Waals surface area contributed by atoms with E-state index in [1.165, 1.54) is 4.90 Å². The number of halogens is 1. The van der Waals surface area contributed by atoms with Gasteiger partial charge in [0.25, 0.3) is 0 Å². The number of anilines is 1. The number of nitriles is 1. The van der Waals surface area contributed by atoms with Crippen molar-refractivity contribution in [3.8, 4) is 6.07 Å². The molecule has 3 nitrogen and oxygen atoms in total. The molecule has 84 valence electrons. The second kappa shape index (κ2) is 4.67. The number of para-hydroxylation sites is 1. The van der Waals surface area contributed by atoms with Crippen LogP contribution in [0.2, 0.25) is 0 Å². The summed E-state index contributed by atoms with van der Waals surface area (Å²) in [6, 6.07) is 9.42. The van der Waals surface area contributed by atoms with E-state index in [0.717, 1.165) is 10.2 Å². The Labute approximate surface area is 104 Å². The fourth-order valence-corrected chi connectivity index (χ4v) is 1.85. The van der Waals surface area contributed by atoms with Gasteiger partial charge in [-0.25, -0.2) is 0 Å². The summed E-state index contributed by atoms with van der Waals surface area (Å²) in [4.78, 5) is 13.5. The van der Waals surface area contributed by atoms with E-state index in [-0.39, 0.29) is 5.91 Å². The van der Waals surface area contributed by atoms with E-state index in [9.17, 15) is 4.79 Å². The summed E-state index contributed by atoms with van der Waals surface area (Å²) in [7, 11) is 1.67. The molecule has 0 fully saturated rings. The van der Waals surface area contributed by atoms with Crippen molar-refractivity contribution in [3.05, 3.63) is 28.7 Å². The maximum absolute atomic E-state index is 12.0. The Morgan fingerprint density at radius 3 is 2.50 bits per heavy atom. The number of nitrogens with zero attached hydrogens (tertiary/aromatic N) is 2. The van der Waals surface area contributed by atoms with Crippen molar-refractivity contribution in [2.45, 2.75) is 13.8 Å². The largest absolute Gasteiger partial charge is 0.313 e. The summed E-state index contributed by atoms with van der Waals surface area (Å²) < 4.78 is 0.833. The summed E-state index contributed by atoms with van der Waals surface area (Å²) in [5.41, 5.74) is -0.250. The van der Waals surface area contributed by atoms with Crippen molar-refractivity contribution >= 4 is 27.5 Å². The summed E-state index contributed by atoms with van der Waals surface area (Å²) in [6.45, 7) is 3.23. The number of carbonyl (C=O) groups is 1. The van der Waals surface area contributed by atoms with Crippen LogP contribution in [-0.2, 0) is 4.79 Å². The molecule has 0 N–H and O–H groups in total. The van der Waals surface area contributed by atoms with Crippen molar-refractivity contribution < 1.29 is 4.79 Å². The maximum atomic E-state index is 12.0. The molecule has 4 heteroatoms. The van der Waals surface area contributed by atoms with E-state index >= 15 is 0 Å². The zero-order valence-electron chi connectivity index (χ0n) is 9.49. The molecule has 0 radical (unpaired) electrons. The monoisotopic (exact) mass is 280 g/mol. The number of hydrogen-bond acceptors (Lipinski definition) is 2. The van der Waals surface area contributed by atoms with E-state index in [1.807, 2.05) is 30.3 Å². The lowest BCUT2D eigenvalue weighted by molar-refractivity contribution is -0.123. The van der Waals surface area contributed by atoms with E-state index in [4.69, 9.17) is 5.26 Å². The van der Waals surface area contributed by atoms with Gasteiger partial charge in [-0.05, 0) is 41.9 Å². The zero-order chi connectivity index (χ0) is 12.3. The van der Waals surface area contributed by atoms with Crippen molar-refractivity contribution in [2.75, 3.05) is 11.9 Å². The Bertz CT molecular complexity index is 449. The normalized spacial score (nSPS) is 10.7. The predicted octanol–water partition coefficient (Wildman–Crippen LogP) is 2.96. The topological polar surface area (TPSA) is 44.1 Å². The molecule has 0 unspecified atom stereocenters. The lowest BCUT2D eigenvalue weighted by atomic mass is 9.94. The van der Waals surface area contributed by atoms with Crippen LogP contribution in [0.5, 0.6) is 0 Å². The number of hydrogen-bond donors (Lipinski definition) is 0. The molecule has 0 aliphatic heterocycles. The van der Waals surface area contributed by atoms with Crippen molar-refractivity contribution in [3.63, 3.8) is 0 Å². The molecule has 0 aliphatic rings. The van der Waals surface area contributed by atoms with E-state index < -0.39 is 5.41 Å². The fraction of sp³-hybridized carbons (Fsp3) is 0.333. The van der Waals surface area contributed by atoms with Crippen LogP contribution in [0, 0.1) is 16.7 Å². The Morgan fingerprint density at radius 2 is 2.00 bits per heavy atom. The van der Waals surface area contributed by atoms with Gasteiger partial charge in [0.1, 0.15) is 5.41 Å². The first-order valence-corrected chi connectivity index (χ1v) is 5.63. The first-order valence-electron chi connectivity index (χ1n) is 4.84. The summed E-state index contributed by atoms with van der Waals surface area (Å²) >= 11 is 3.38. The van der Waals surface area contributed by atoms with Gasteiger partial charge in [-0.15, -0.1) is 0 Å². The van der Waals surface area contributed by atoms with E-state index in [2.05, 4.69) is 15.9 Å². The third-order valence-electron chi connectivity index (χ3n) is 2.33. The summed E-state index contributed by atoms with van der Waals surface area (Å²) in [5.74, 6) is -0.220. The molecule has 0 bridgehead atoms. The molecule has 0 aromatic heterocycles. The second-order valence-corrected chi connectivity index (χ2v) is 4.91. The number of amides is 1. The van der Waals surface area contributed by atoms with Crippen LogP contribution in [-0.4, -0.2) is 13.0 Å². The SMILES string of the molecule is CN(C(=O)C(C)(C)C#N)c1ccccc1Br. The Balaban J connectivity index is 3.06. The highest BCUT2D eigenvalue weighted by Gasteiger charge is 2.31. The average Bonchev–Trinajstić information content (AvgIpc) is 2.27. The Hall–Kier alpha value is -1.34. The lowest BCUT2D eigenvalue weighted by Gasteiger charge is -2.24. The molecule has 0 spiro atoms. The molecule has 0 heterocycles. The van der Waals surface area contributed by atoms with Gasteiger partial charge >= 0.3 is 0 Å². The first kappa shape index (κ1) is 12.7. The van der Waals surface area contributed by atoms with Gasteiger partial charge in [0.2, 0.25) is 5.91 Å². The van der Waals surface area contributed by atoms with Crippen molar-refractivity contribution in [1.82, 2.24) is 0 Å². The molecular formula is C12H13BrN2O. The minimum Gasteiger partial charge on any atom is -0.313 e. The first-order chi connectivity index (χ1) is 7.40. The highest BCUT2D eigenvalue weighted by atomic mass is 79.9. The molecule has 1 amide bonds. The van der Waals surface area contributed by atoms with Crippen molar-refractivity contribution in [1.29, 1.82) is 5.26 Å². The number of rotatable bonds is 2. The average molecular weight is 281 g/mol. The Kier molecular flexibility index (Phi) is 3.71. The number of carbonyl (C=O) groups excluding carboxylic acids is 1. The maximum Gasteiger partial charge on any atom is 0.246 e. The quantitative estimate of drug-likeness (QED) is 0.836. The van der Waals surface area contributed by atoms with Gasteiger partial charge in [0, 0.05) is 11.5 Å². The van der Waals surface area contributed by atoms with Gasteiger partial charge in [-0.2, -0.15) is 5.26 Å². The predicted molar refractivity (Wildman–Crippen MR) is 66.9 cm³/mol. The molecule has 1 aromatic rings. The third kappa shape index (κ3) is 2.42. The van der Waals surface area contributed by atoms with Gasteiger partial charge in [-0.1, -0.05) is 12.1 Å². The van der Waals surface area contributed by atoms with Gasteiger partial charge < -0.3 is 4.90 Å². The van der Waals surface area contributed by atoms with Crippen LogP contribution < -0.4 is 4.90 Å².